The van der Waals surface area contributed by atoms with Crippen molar-refractivity contribution in [3.63, 3.8) is 0 Å². The van der Waals surface area contributed by atoms with Crippen molar-refractivity contribution in [2.24, 2.45) is 23.7 Å². The molecule has 0 radical (unpaired) electrons. The molecule has 4 unspecified atom stereocenters. The van der Waals surface area contributed by atoms with E-state index in [4.69, 9.17) is 0 Å². The fourth-order valence-corrected chi connectivity index (χ4v) is 4.83. The smallest absolute Gasteiger partial charge is 0.123 e. The Bertz CT molecular complexity index is 286. The summed E-state index contributed by atoms with van der Waals surface area (Å²) in [7, 11) is 0. The summed E-state index contributed by atoms with van der Waals surface area (Å²) < 4.78 is 0. The second-order valence-corrected chi connectivity index (χ2v) is 7.90. The van der Waals surface area contributed by atoms with Crippen LogP contribution in [0.4, 0.5) is 0 Å². The van der Waals surface area contributed by atoms with E-state index in [1.807, 2.05) is 0 Å². The van der Waals surface area contributed by atoms with Crippen molar-refractivity contribution in [3.8, 4) is 0 Å². The van der Waals surface area contributed by atoms with E-state index in [-0.39, 0.29) is 0 Å². The molecule has 0 aromatic carbocycles. The highest BCUT2D eigenvalue weighted by molar-refractivity contribution is 5.53. The Morgan fingerprint density at radius 1 is 0.810 bits per heavy atom. The lowest BCUT2D eigenvalue weighted by Gasteiger charge is -2.30. The molecule has 2 fully saturated rings. The van der Waals surface area contributed by atoms with Crippen molar-refractivity contribution in [2.45, 2.75) is 96.8 Å². The topological polar surface area (TPSA) is 17.1 Å². The largest absolute Gasteiger partial charge is 0.303 e. The van der Waals surface area contributed by atoms with Gasteiger partial charge in [0.1, 0.15) is 6.29 Å². The first-order valence-corrected chi connectivity index (χ1v) is 9.77. The SMILES string of the molecule is CCCCC1CCCC(CCCC2CCCC(C=O)C2)C1. The molecule has 2 aliphatic rings. The summed E-state index contributed by atoms with van der Waals surface area (Å²) in [5, 5.41) is 0. The molecule has 0 N–H and O–H groups in total. The Morgan fingerprint density at radius 3 is 2.00 bits per heavy atom. The molecule has 0 spiro atoms. The molecule has 0 bridgehead atoms. The minimum Gasteiger partial charge on any atom is -0.303 e. The van der Waals surface area contributed by atoms with Gasteiger partial charge in [-0.1, -0.05) is 77.6 Å². The third kappa shape index (κ3) is 6.12. The molecule has 2 rings (SSSR count). The average molecular weight is 293 g/mol. The third-order valence-electron chi connectivity index (χ3n) is 6.10. The molecule has 0 aromatic rings. The second-order valence-electron chi connectivity index (χ2n) is 7.90. The summed E-state index contributed by atoms with van der Waals surface area (Å²) in [6, 6.07) is 0. The molecule has 1 heteroatoms. The number of rotatable bonds is 8. The van der Waals surface area contributed by atoms with Gasteiger partial charge in [-0.05, 0) is 37.0 Å². The molecule has 0 saturated heterocycles. The van der Waals surface area contributed by atoms with Gasteiger partial charge in [0.25, 0.3) is 0 Å². The molecule has 2 aliphatic carbocycles. The lowest BCUT2D eigenvalue weighted by atomic mass is 9.75. The summed E-state index contributed by atoms with van der Waals surface area (Å²) >= 11 is 0. The fourth-order valence-electron chi connectivity index (χ4n) is 4.83. The second kappa shape index (κ2) is 9.64. The zero-order valence-corrected chi connectivity index (χ0v) is 14.2. The molecule has 2 saturated carbocycles. The van der Waals surface area contributed by atoms with Gasteiger partial charge in [0, 0.05) is 5.92 Å². The van der Waals surface area contributed by atoms with E-state index < -0.39 is 0 Å². The minimum absolute atomic E-state index is 0.386. The van der Waals surface area contributed by atoms with Crippen LogP contribution in [-0.4, -0.2) is 6.29 Å². The predicted molar refractivity (Wildman–Crippen MR) is 90.3 cm³/mol. The molecule has 21 heavy (non-hydrogen) atoms. The van der Waals surface area contributed by atoms with E-state index in [1.54, 1.807) is 0 Å². The molecule has 0 heterocycles. The lowest BCUT2D eigenvalue weighted by molar-refractivity contribution is -0.112. The van der Waals surface area contributed by atoms with Gasteiger partial charge in [0.15, 0.2) is 0 Å². The van der Waals surface area contributed by atoms with Gasteiger partial charge < -0.3 is 4.79 Å². The maximum absolute atomic E-state index is 10.9. The van der Waals surface area contributed by atoms with E-state index in [0.29, 0.717) is 5.92 Å². The van der Waals surface area contributed by atoms with E-state index in [0.717, 1.165) is 24.2 Å². The minimum atomic E-state index is 0.386. The Balaban J connectivity index is 1.60. The van der Waals surface area contributed by atoms with Crippen LogP contribution < -0.4 is 0 Å². The van der Waals surface area contributed by atoms with Crippen LogP contribution in [0.3, 0.4) is 0 Å². The summed E-state index contributed by atoms with van der Waals surface area (Å²) in [5.74, 6) is 3.30. The van der Waals surface area contributed by atoms with Crippen molar-refractivity contribution in [1.29, 1.82) is 0 Å². The lowest BCUT2D eigenvalue weighted by Crippen LogP contribution is -2.18. The van der Waals surface area contributed by atoms with Gasteiger partial charge in [-0.3, -0.25) is 0 Å². The van der Waals surface area contributed by atoms with Gasteiger partial charge in [0.05, 0.1) is 0 Å². The molecule has 0 aromatic heterocycles. The maximum Gasteiger partial charge on any atom is 0.123 e. The summed E-state index contributed by atoms with van der Waals surface area (Å²) in [6.45, 7) is 2.32. The molecular weight excluding hydrogens is 256 g/mol. The first-order chi connectivity index (χ1) is 10.3. The van der Waals surface area contributed by atoms with Gasteiger partial charge >= 0.3 is 0 Å². The molecule has 4 atom stereocenters. The third-order valence-corrected chi connectivity index (χ3v) is 6.10. The van der Waals surface area contributed by atoms with Gasteiger partial charge in [-0.15, -0.1) is 0 Å². The van der Waals surface area contributed by atoms with E-state index in [2.05, 4.69) is 6.92 Å². The highest BCUT2D eigenvalue weighted by Crippen LogP contribution is 2.36. The molecule has 1 nitrogen and oxygen atoms in total. The van der Waals surface area contributed by atoms with Gasteiger partial charge in [0.2, 0.25) is 0 Å². The summed E-state index contributed by atoms with van der Waals surface area (Å²) in [6.07, 6.45) is 20.8. The van der Waals surface area contributed by atoms with Crippen LogP contribution in [0.2, 0.25) is 0 Å². The molecular formula is C20H36O. The quantitative estimate of drug-likeness (QED) is 0.490. The van der Waals surface area contributed by atoms with Crippen LogP contribution in [0.25, 0.3) is 0 Å². The average Bonchev–Trinajstić information content (AvgIpc) is 2.53. The summed E-state index contributed by atoms with van der Waals surface area (Å²) in [4.78, 5) is 10.9. The zero-order valence-electron chi connectivity index (χ0n) is 14.2. The molecule has 122 valence electrons. The van der Waals surface area contributed by atoms with Crippen molar-refractivity contribution in [3.05, 3.63) is 0 Å². The Kier molecular flexibility index (Phi) is 7.82. The van der Waals surface area contributed by atoms with E-state index >= 15 is 0 Å². The Morgan fingerprint density at radius 2 is 1.38 bits per heavy atom. The van der Waals surface area contributed by atoms with E-state index in [9.17, 15) is 4.79 Å². The highest BCUT2D eigenvalue weighted by atomic mass is 16.1. The van der Waals surface area contributed by atoms with Crippen LogP contribution in [0, 0.1) is 23.7 Å². The van der Waals surface area contributed by atoms with Gasteiger partial charge in [-0.2, -0.15) is 0 Å². The van der Waals surface area contributed by atoms with Crippen molar-refractivity contribution >= 4 is 6.29 Å². The molecule has 0 amide bonds. The van der Waals surface area contributed by atoms with Crippen LogP contribution in [-0.2, 0) is 4.79 Å². The number of carbonyl (C=O) groups is 1. The molecule has 0 aliphatic heterocycles. The zero-order chi connectivity index (χ0) is 14.9. The van der Waals surface area contributed by atoms with Crippen LogP contribution >= 0.6 is 0 Å². The first-order valence-electron chi connectivity index (χ1n) is 9.77. The van der Waals surface area contributed by atoms with Crippen molar-refractivity contribution in [2.75, 3.05) is 0 Å². The summed E-state index contributed by atoms with van der Waals surface area (Å²) in [5.41, 5.74) is 0. The first kappa shape index (κ1) is 17.0. The number of unbranched alkanes of at least 4 members (excludes halogenated alkanes) is 1. The van der Waals surface area contributed by atoms with Crippen molar-refractivity contribution < 1.29 is 4.79 Å². The van der Waals surface area contributed by atoms with Crippen LogP contribution in [0.1, 0.15) is 96.8 Å². The Labute approximate surface area is 132 Å². The number of carbonyl (C=O) groups excluding carboxylic acids is 1. The number of hydrogen-bond donors (Lipinski definition) is 0. The fraction of sp³-hybridized carbons (Fsp3) is 0.950. The van der Waals surface area contributed by atoms with Gasteiger partial charge in [-0.25, -0.2) is 0 Å². The normalized spacial score (nSPS) is 33.8. The van der Waals surface area contributed by atoms with Crippen LogP contribution in [0.15, 0.2) is 0 Å². The Hall–Kier alpha value is -0.330. The number of aldehydes is 1. The maximum atomic E-state index is 10.9. The van der Waals surface area contributed by atoms with E-state index in [1.165, 1.54) is 89.8 Å². The van der Waals surface area contributed by atoms with Crippen molar-refractivity contribution in [1.82, 2.24) is 0 Å². The standard InChI is InChI=1S/C20H36O/c1-2-3-7-17-8-4-9-18(14-17)10-5-11-19-12-6-13-20(15-19)16-21/h16-20H,2-15H2,1H3. The van der Waals surface area contributed by atoms with Crippen LogP contribution in [0.5, 0.6) is 0 Å². The monoisotopic (exact) mass is 292 g/mol. The number of hydrogen-bond acceptors (Lipinski definition) is 1. The predicted octanol–water partition coefficient (Wildman–Crippen LogP) is 6.16. The highest BCUT2D eigenvalue weighted by Gasteiger charge is 2.23.